The van der Waals surface area contributed by atoms with E-state index in [0.717, 1.165) is 5.56 Å². The lowest BCUT2D eigenvalue weighted by Gasteiger charge is -2.37. The summed E-state index contributed by atoms with van der Waals surface area (Å²) in [5, 5.41) is 12.8. The summed E-state index contributed by atoms with van der Waals surface area (Å²) in [6, 6.07) is 17.6. The lowest BCUT2D eigenvalue weighted by Crippen LogP contribution is -2.61. The van der Waals surface area contributed by atoms with Crippen LogP contribution in [0.3, 0.4) is 0 Å². The van der Waals surface area contributed by atoms with Crippen molar-refractivity contribution in [2.45, 2.75) is 12.6 Å². The highest BCUT2D eigenvalue weighted by atomic mass is 16.3. The number of anilines is 1. The lowest BCUT2D eigenvalue weighted by molar-refractivity contribution is -0.128. The van der Waals surface area contributed by atoms with E-state index in [4.69, 9.17) is 0 Å². The fraction of sp³-hybridized carbons (Fsp3) is 0.176. The molecule has 1 heterocycles. The van der Waals surface area contributed by atoms with Gasteiger partial charge in [-0.25, -0.2) is 4.79 Å². The molecule has 1 fully saturated rings. The van der Waals surface area contributed by atoms with Gasteiger partial charge in [0.25, 0.3) is 0 Å². The van der Waals surface area contributed by atoms with Gasteiger partial charge < -0.3 is 5.11 Å². The van der Waals surface area contributed by atoms with Crippen LogP contribution in [0.5, 0.6) is 0 Å². The van der Waals surface area contributed by atoms with Gasteiger partial charge in [0.15, 0.2) is 0 Å². The number of aliphatic hydroxyl groups excluding tert-OH is 1. The third-order valence-corrected chi connectivity index (χ3v) is 3.74. The molecule has 3 amide bonds. The van der Waals surface area contributed by atoms with Crippen LogP contribution in [0, 0.1) is 5.92 Å². The van der Waals surface area contributed by atoms with Gasteiger partial charge in [-0.1, -0.05) is 48.5 Å². The second-order valence-corrected chi connectivity index (χ2v) is 5.21. The minimum atomic E-state index is -1.19. The van der Waals surface area contributed by atoms with Crippen LogP contribution in [0.15, 0.2) is 60.7 Å². The molecule has 5 nitrogen and oxygen atoms in total. The minimum Gasteiger partial charge on any atom is -0.372 e. The molecule has 3 rings (SSSR count). The highest BCUT2D eigenvalue weighted by molar-refractivity contribution is 6.07. The summed E-state index contributed by atoms with van der Waals surface area (Å²) < 4.78 is 0. The maximum Gasteiger partial charge on any atom is 0.330 e. The first-order chi connectivity index (χ1) is 10.7. The predicted molar refractivity (Wildman–Crippen MR) is 82.1 cm³/mol. The summed E-state index contributed by atoms with van der Waals surface area (Å²) in [5.74, 6) is -1.16. The quantitative estimate of drug-likeness (QED) is 0.909. The summed E-state index contributed by atoms with van der Waals surface area (Å²) in [6.45, 7) is 0. The smallest absolute Gasteiger partial charge is 0.330 e. The molecule has 0 bridgehead atoms. The average Bonchev–Trinajstić information content (AvgIpc) is 2.53. The van der Waals surface area contributed by atoms with Crippen LogP contribution in [0.4, 0.5) is 10.5 Å². The number of nitrogens with one attached hydrogen (secondary N) is 1. The summed E-state index contributed by atoms with van der Waals surface area (Å²) in [7, 11) is 0. The maximum atomic E-state index is 12.1. The molecule has 2 atom stereocenters. The van der Waals surface area contributed by atoms with E-state index < -0.39 is 24.1 Å². The van der Waals surface area contributed by atoms with Crippen molar-refractivity contribution in [3.05, 3.63) is 66.2 Å². The van der Waals surface area contributed by atoms with Gasteiger partial charge in [0.1, 0.15) is 6.23 Å². The van der Waals surface area contributed by atoms with E-state index in [1.807, 2.05) is 36.4 Å². The number of urea groups is 1. The Bertz CT molecular complexity index is 673. The molecule has 0 aliphatic carbocycles. The third-order valence-electron chi connectivity index (χ3n) is 3.74. The number of hydrogen-bond donors (Lipinski definition) is 2. The van der Waals surface area contributed by atoms with Crippen LogP contribution in [-0.4, -0.2) is 23.3 Å². The van der Waals surface area contributed by atoms with Crippen molar-refractivity contribution in [2.75, 3.05) is 4.90 Å². The Morgan fingerprint density at radius 1 is 0.955 bits per heavy atom. The van der Waals surface area contributed by atoms with Crippen molar-refractivity contribution < 1.29 is 14.7 Å². The van der Waals surface area contributed by atoms with Gasteiger partial charge in [-0.05, 0) is 24.1 Å². The summed E-state index contributed by atoms with van der Waals surface area (Å²) in [4.78, 5) is 25.3. The van der Waals surface area contributed by atoms with Gasteiger partial charge in [0.2, 0.25) is 5.91 Å². The van der Waals surface area contributed by atoms with Crippen LogP contribution < -0.4 is 10.2 Å². The molecule has 0 aromatic heterocycles. The molecule has 1 saturated heterocycles. The molecular formula is C17H16N2O3. The molecule has 1 aliphatic heterocycles. The molecule has 22 heavy (non-hydrogen) atoms. The Morgan fingerprint density at radius 2 is 1.55 bits per heavy atom. The van der Waals surface area contributed by atoms with Crippen molar-refractivity contribution in [1.82, 2.24) is 5.32 Å². The standard InChI is InChI=1S/C17H16N2O3/c20-15-14(11-12-7-3-1-4-8-12)16(21)19(17(22)18-15)13-9-5-2-6-10-13/h1-10,14,16,21H,11H2,(H,18,20,22). The first kappa shape index (κ1) is 14.3. The Balaban J connectivity index is 1.87. The molecular weight excluding hydrogens is 280 g/mol. The molecule has 2 aromatic carbocycles. The highest BCUT2D eigenvalue weighted by Gasteiger charge is 2.40. The number of hydrogen-bond acceptors (Lipinski definition) is 3. The SMILES string of the molecule is O=C1NC(=O)N(c2ccccc2)C(O)C1Cc1ccccc1. The fourth-order valence-electron chi connectivity index (χ4n) is 2.62. The molecule has 112 valence electrons. The van der Waals surface area contributed by atoms with E-state index in [-0.39, 0.29) is 0 Å². The number of aliphatic hydroxyl groups is 1. The average molecular weight is 296 g/mol. The number of para-hydroxylation sites is 1. The number of benzene rings is 2. The zero-order valence-electron chi connectivity index (χ0n) is 11.8. The second-order valence-electron chi connectivity index (χ2n) is 5.21. The van der Waals surface area contributed by atoms with E-state index in [1.54, 1.807) is 24.3 Å². The maximum absolute atomic E-state index is 12.1. The van der Waals surface area contributed by atoms with Gasteiger partial charge in [-0.15, -0.1) is 0 Å². The summed E-state index contributed by atoms with van der Waals surface area (Å²) in [6.07, 6.45) is -0.825. The fourth-order valence-corrected chi connectivity index (χ4v) is 2.62. The van der Waals surface area contributed by atoms with Crippen molar-refractivity contribution in [3.63, 3.8) is 0 Å². The number of carbonyl (C=O) groups is 2. The molecule has 2 N–H and O–H groups in total. The van der Waals surface area contributed by atoms with Crippen LogP contribution >= 0.6 is 0 Å². The van der Waals surface area contributed by atoms with Crippen molar-refractivity contribution in [2.24, 2.45) is 5.92 Å². The number of nitrogens with zero attached hydrogens (tertiary/aromatic N) is 1. The van der Waals surface area contributed by atoms with Gasteiger partial charge in [-0.2, -0.15) is 0 Å². The van der Waals surface area contributed by atoms with Gasteiger partial charge in [-0.3, -0.25) is 15.0 Å². The predicted octanol–water partition coefficient (Wildman–Crippen LogP) is 1.92. The van der Waals surface area contributed by atoms with Gasteiger partial charge in [0, 0.05) is 5.69 Å². The molecule has 0 spiro atoms. The molecule has 0 radical (unpaired) electrons. The van der Waals surface area contributed by atoms with Crippen LogP contribution in [0.2, 0.25) is 0 Å². The highest BCUT2D eigenvalue weighted by Crippen LogP contribution is 2.25. The van der Waals surface area contributed by atoms with Crippen molar-refractivity contribution in [3.8, 4) is 0 Å². The summed E-state index contributed by atoms with van der Waals surface area (Å²) >= 11 is 0. The number of imide groups is 1. The normalized spacial score (nSPS) is 21.6. The Morgan fingerprint density at radius 3 is 2.18 bits per heavy atom. The summed E-state index contributed by atoms with van der Waals surface area (Å²) in [5.41, 5.74) is 1.49. The second kappa shape index (κ2) is 5.99. The van der Waals surface area contributed by atoms with E-state index in [1.165, 1.54) is 4.90 Å². The van der Waals surface area contributed by atoms with E-state index in [9.17, 15) is 14.7 Å². The van der Waals surface area contributed by atoms with Crippen LogP contribution in [-0.2, 0) is 11.2 Å². The lowest BCUT2D eigenvalue weighted by atomic mass is 9.94. The molecule has 2 aromatic rings. The van der Waals surface area contributed by atoms with Gasteiger partial charge >= 0.3 is 6.03 Å². The van der Waals surface area contributed by atoms with E-state index in [0.29, 0.717) is 12.1 Å². The molecule has 5 heteroatoms. The number of amides is 3. The van der Waals surface area contributed by atoms with Crippen LogP contribution in [0.25, 0.3) is 0 Å². The van der Waals surface area contributed by atoms with Gasteiger partial charge in [0.05, 0.1) is 5.92 Å². The van der Waals surface area contributed by atoms with E-state index >= 15 is 0 Å². The Kier molecular flexibility index (Phi) is 3.89. The molecule has 0 saturated carbocycles. The first-order valence-electron chi connectivity index (χ1n) is 7.08. The first-order valence-corrected chi connectivity index (χ1v) is 7.08. The minimum absolute atomic E-state index is 0.366. The van der Waals surface area contributed by atoms with Crippen molar-refractivity contribution >= 4 is 17.6 Å². The van der Waals surface area contributed by atoms with Crippen molar-refractivity contribution in [1.29, 1.82) is 0 Å². The molecule has 1 aliphatic rings. The Labute approximate surface area is 128 Å². The monoisotopic (exact) mass is 296 g/mol. The van der Waals surface area contributed by atoms with E-state index in [2.05, 4.69) is 5.32 Å². The zero-order chi connectivity index (χ0) is 15.5. The third kappa shape index (κ3) is 2.71. The zero-order valence-corrected chi connectivity index (χ0v) is 11.8. The number of carbonyl (C=O) groups excluding carboxylic acids is 2. The number of rotatable bonds is 3. The largest absolute Gasteiger partial charge is 0.372 e. The van der Waals surface area contributed by atoms with Crippen LogP contribution in [0.1, 0.15) is 5.56 Å². The topological polar surface area (TPSA) is 69.6 Å². The molecule has 2 unspecified atom stereocenters. The Hall–Kier alpha value is -2.66.